The topological polar surface area (TPSA) is 79.9 Å². The van der Waals surface area contributed by atoms with Gasteiger partial charge in [-0.3, -0.25) is 9.89 Å². The van der Waals surface area contributed by atoms with Gasteiger partial charge in [-0.25, -0.2) is 9.37 Å². The van der Waals surface area contributed by atoms with E-state index in [1.54, 1.807) is 24.3 Å². The van der Waals surface area contributed by atoms with Crippen LogP contribution >= 0.6 is 35.0 Å². The molecule has 6 nitrogen and oxygen atoms in total. The molecule has 0 saturated carbocycles. The summed E-state index contributed by atoms with van der Waals surface area (Å²) >= 11 is 12.6. The summed E-state index contributed by atoms with van der Waals surface area (Å²) in [5, 5.41) is 10.5. The number of halogens is 3. The number of ether oxygens (including phenoxy) is 1. The molecule has 27 heavy (non-hydrogen) atoms. The van der Waals surface area contributed by atoms with Gasteiger partial charge < -0.3 is 10.1 Å². The molecule has 140 valence electrons. The largest absolute Gasteiger partial charge is 0.486 e. The van der Waals surface area contributed by atoms with Gasteiger partial charge in [0.2, 0.25) is 11.1 Å². The maximum absolute atomic E-state index is 13.7. The van der Waals surface area contributed by atoms with Gasteiger partial charge in [-0.2, -0.15) is 0 Å². The molecule has 0 aliphatic rings. The molecule has 10 heteroatoms. The van der Waals surface area contributed by atoms with Gasteiger partial charge in [0, 0.05) is 10.0 Å². The fourth-order valence-corrected chi connectivity index (χ4v) is 2.90. The lowest BCUT2D eigenvalue weighted by Crippen LogP contribution is -2.15. The van der Waals surface area contributed by atoms with Crippen molar-refractivity contribution >= 4 is 46.6 Å². The number of hydrogen-bond donors (Lipinski definition) is 2. The molecular formula is C17H13Cl2FN4O2S. The smallest absolute Gasteiger partial charge is 0.234 e. The summed E-state index contributed by atoms with van der Waals surface area (Å²) in [5.74, 6) is 0.202. The molecule has 2 aromatic carbocycles. The van der Waals surface area contributed by atoms with Crippen LogP contribution in [0, 0.1) is 5.82 Å². The number of thioether (sulfide) groups is 1. The summed E-state index contributed by atoms with van der Waals surface area (Å²) < 4.78 is 19.2. The molecule has 0 unspecified atom stereocenters. The summed E-state index contributed by atoms with van der Waals surface area (Å²) in [4.78, 5) is 16.2. The summed E-state index contributed by atoms with van der Waals surface area (Å²) in [6.45, 7) is 0.192. The van der Waals surface area contributed by atoms with Crippen LogP contribution in [0.4, 0.5) is 10.1 Å². The Labute approximate surface area is 168 Å². The Balaban J connectivity index is 1.47. The molecule has 0 bridgehead atoms. The highest BCUT2D eigenvalue weighted by Gasteiger charge is 2.11. The molecule has 3 rings (SSSR count). The summed E-state index contributed by atoms with van der Waals surface area (Å²) in [7, 11) is 0. The lowest BCUT2D eigenvalue weighted by atomic mass is 10.3. The minimum absolute atomic E-state index is 0.0252. The lowest BCUT2D eigenvalue weighted by molar-refractivity contribution is -0.113. The summed E-state index contributed by atoms with van der Waals surface area (Å²) in [5.41, 5.74) is 0.0667. The Morgan fingerprint density at radius 1 is 1.19 bits per heavy atom. The van der Waals surface area contributed by atoms with E-state index in [4.69, 9.17) is 27.9 Å². The molecule has 1 amide bonds. The van der Waals surface area contributed by atoms with Crippen molar-refractivity contribution in [3.8, 4) is 5.75 Å². The van der Waals surface area contributed by atoms with Crippen LogP contribution in [0.15, 0.2) is 47.6 Å². The Morgan fingerprint density at radius 3 is 2.67 bits per heavy atom. The van der Waals surface area contributed by atoms with E-state index in [1.807, 2.05) is 0 Å². The predicted octanol–water partition coefficient (Wildman–Crippen LogP) is 4.56. The Morgan fingerprint density at radius 2 is 1.93 bits per heavy atom. The van der Waals surface area contributed by atoms with E-state index in [9.17, 15) is 9.18 Å². The highest BCUT2D eigenvalue weighted by molar-refractivity contribution is 7.99. The fraction of sp³-hybridized carbons (Fsp3) is 0.118. The van der Waals surface area contributed by atoms with Gasteiger partial charge in [0.1, 0.15) is 18.2 Å². The quantitative estimate of drug-likeness (QED) is 0.541. The molecule has 3 aromatic rings. The van der Waals surface area contributed by atoms with E-state index in [1.165, 1.54) is 12.1 Å². The number of rotatable bonds is 7. The molecule has 1 heterocycles. The Hall–Kier alpha value is -2.29. The number of benzene rings is 2. The highest BCUT2D eigenvalue weighted by atomic mass is 35.5. The zero-order valence-electron chi connectivity index (χ0n) is 13.7. The number of amides is 1. The summed E-state index contributed by atoms with van der Waals surface area (Å²) in [6.07, 6.45) is 0. The Kier molecular flexibility index (Phi) is 6.54. The number of nitrogens with one attached hydrogen (secondary N) is 2. The van der Waals surface area contributed by atoms with Crippen LogP contribution < -0.4 is 10.1 Å². The van der Waals surface area contributed by atoms with Crippen molar-refractivity contribution in [2.24, 2.45) is 0 Å². The number of aromatic amines is 1. The average molecular weight is 427 g/mol. The van der Waals surface area contributed by atoms with Crippen LogP contribution in [0.3, 0.4) is 0 Å². The second-order valence-electron chi connectivity index (χ2n) is 5.27. The van der Waals surface area contributed by atoms with Crippen LogP contribution in [0.1, 0.15) is 5.82 Å². The molecule has 0 fully saturated rings. The van der Waals surface area contributed by atoms with Gasteiger partial charge in [0.15, 0.2) is 5.82 Å². The number of H-pyrrole nitrogens is 1. The predicted molar refractivity (Wildman–Crippen MR) is 103 cm³/mol. The van der Waals surface area contributed by atoms with E-state index in [0.717, 1.165) is 17.8 Å². The average Bonchev–Trinajstić information content (AvgIpc) is 3.10. The second kappa shape index (κ2) is 9.07. The number of hydrogen-bond acceptors (Lipinski definition) is 5. The van der Waals surface area contributed by atoms with Crippen LogP contribution in [0.5, 0.6) is 5.75 Å². The number of carbonyl (C=O) groups excluding carboxylic acids is 1. The third kappa shape index (κ3) is 5.85. The maximum Gasteiger partial charge on any atom is 0.234 e. The molecule has 0 aliphatic heterocycles. The molecule has 2 N–H and O–H groups in total. The minimum Gasteiger partial charge on any atom is -0.486 e. The van der Waals surface area contributed by atoms with E-state index in [2.05, 4.69) is 20.5 Å². The SMILES string of the molecule is O=C(CSc1n[nH]c(COc2ccc(Cl)cc2)n1)Nc1ccc(Cl)cc1F. The normalized spacial score (nSPS) is 10.6. The van der Waals surface area contributed by atoms with Gasteiger partial charge in [-0.05, 0) is 42.5 Å². The Bertz CT molecular complexity index is 937. The number of nitrogens with zero attached hydrogens (tertiary/aromatic N) is 2. The van der Waals surface area contributed by atoms with Gasteiger partial charge in [0.05, 0.1) is 11.4 Å². The number of aromatic nitrogens is 3. The first-order valence-electron chi connectivity index (χ1n) is 7.67. The first kappa shape index (κ1) is 19.5. The maximum atomic E-state index is 13.7. The fourth-order valence-electron chi connectivity index (χ4n) is 2.00. The van der Waals surface area contributed by atoms with Crippen molar-refractivity contribution in [1.82, 2.24) is 15.2 Å². The van der Waals surface area contributed by atoms with Crippen molar-refractivity contribution in [2.75, 3.05) is 11.1 Å². The van der Waals surface area contributed by atoms with Gasteiger partial charge in [-0.15, -0.1) is 5.10 Å². The standard InChI is InChI=1S/C17H13Cl2FN4O2S/c18-10-1-4-12(5-2-10)26-8-15-22-17(24-23-15)27-9-16(25)21-14-6-3-11(19)7-13(14)20/h1-7H,8-9H2,(H,21,25)(H,22,23,24). The van der Waals surface area contributed by atoms with Crippen LogP contribution in [-0.2, 0) is 11.4 Å². The molecule has 0 aliphatic carbocycles. The third-order valence-corrected chi connectivity index (χ3v) is 4.57. The molecule has 0 spiro atoms. The first-order chi connectivity index (χ1) is 13.0. The summed E-state index contributed by atoms with van der Waals surface area (Å²) in [6, 6.07) is 11.0. The zero-order valence-corrected chi connectivity index (χ0v) is 16.0. The van der Waals surface area contributed by atoms with Crippen molar-refractivity contribution in [3.05, 3.63) is 64.2 Å². The van der Waals surface area contributed by atoms with E-state index >= 15 is 0 Å². The van der Waals surface area contributed by atoms with Crippen molar-refractivity contribution in [1.29, 1.82) is 0 Å². The molecule has 0 saturated heterocycles. The van der Waals surface area contributed by atoms with Crippen LogP contribution in [-0.4, -0.2) is 26.8 Å². The van der Waals surface area contributed by atoms with Crippen molar-refractivity contribution < 1.29 is 13.9 Å². The van der Waals surface area contributed by atoms with Gasteiger partial charge in [-0.1, -0.05) is 35.0 Å². The highest BCUT2D eigenvalue weighted by Crippen LogP contribution is 2.20. The third-order valence-electron chi connectivity index (χ3n) is 3.24. The van der Waals surface area contributed by atoms with Gasteiger partial charge >= 0.3 is 0 Å². The lowest BCUT2D eigenvalue weighted by Gasteiger charge is -2.05. The van der Waals surface area contributed by atoms with E-state index < -0.39 is 5.82 Å². The van der Waals surface area contributed by atoms with Gasteiger partial charge in [0.25, 0.3) is 0 Å². The van der Waals surface area contributed by atoms with Crippen LogP contribution in [0.2, 0.25) is 10.0 Å². The number of carbonyl (C=O) groups is 1. The second-order valence-corrected chi connectivity index (χ2v) is 7.08. The molecular weight excluding hydrogens is 414 g/mol. The molecule has 1 aromatic heterocycles. The minimum atomic E-state index is -0.597. The van der Waals surface area contributed by atoms with E-state index in [-0.39, 0.29) is 29.0 Å². The van der Waals surface area contributed by atoms with Crippen LogP contribution in [0.25, 0.3) is 0 Å². The van der Waals surface area contributed by atoms with E-state index in [0.29, 0.717) is 21.8 Å². The number of anilines is 1. The van der Waals surface area contributed by atoms with Crippen molar-refractivity contribution in [2.45, 2.75) is 11.8 Å². The molecule has 0 atom stereocenters. The monoisotopic (exact) mass is 426 g/mol. The molecule has 0 radical (unpaired) electrons. The van der Waals surface area contributed by atoms with Crippen molar-refractivity contribution in [3.63, 3.8) is 0 Å². The zero-order chi connectivity index (χ0) is 19.2. The first-order valence-corrected chi connectivity index (χ1v) is 9.41.